The van der Waals surface area contributed by atoms with E-state index in [-0.39, 0.29) is 17.3 Å². The highest BCUT2D eigenvalue weighted by atomic mass is 32.2. The fourth-order valence-electron chi connectivity index (χ4n) is 4.69. The number of aromatic amines is 1. The molecule has 0 atom stereocenters. The summed E-state index contributed by atoms with van der Waals surface area (Å²) in [7, 11) is -3.75. The third-order valence-electron chi connectivity index (χ3n) is 6.69. The summed E-state index contributed by atoms with van der Waals surface area (Å²) >= 11 is 0. The van der Waals surface area contributed by atoms with Crippen molar-refractivity contribution in [3.05, 3.63) is 102 Å². The molecule has 2 N–H and O–H groups in total. The van der Waals surface area contributed by atoms with E-state index in [1.165, 1.54) is 30.5 Å². The van der Waals surface area contributed by atoms with E-state index in [1.54, 1.807) is 17.0 Å². The lowest BCUT2D eigenvalue weighted by Gasteiger charge is -2.20. The number of rotatable bonds is 6. The van der Waals surface area contributed by atoms with Crippen LogP contribution in [0.4, 0.5) is 0 Å². The number of aromatic nitrogens is 2. The van der Waals surface area contributed by atoms with Crippen LogP contribution < -0.4 is 9.46 Å². The predicted octanol–water partition coefficient (Wildman–Crippen LogP) is 4.64. The summed E-state index contributed by atoms with van der Waals surface area (Å²) in [6, 6.07) is 21.4. The molecule has 1 aliphatic rings. The molecule has 10 heteroatoms. The van der Waals surface area contributed by atoms with Gasteiger partial charge in [0.05, 0.1) is 35.3 Å². The molecule has 0 spiro atoms. The van der Waals surface area contributed by atoms with Gasteiger partial charge in [0.25, 0.3) is 5.91 Å². The molecule has 5 aromatic rings. The van der Waals surface area contributed by atoms with Crippen LogP contribution in [0.25, 0.3) is 22.2 Å². The molecular formula is C29H26N4O5S. The van der Waals surface area contributed by atoms with Crippen molar-refractivity contribution >= 4 is 27.0 Å². The van der Waals surface area contributed by atoms with Crippen molar-refractivity contribution in [2.24, 2.45) is 0 Å². The van der Waals surface area contributed by atoms with Gasteiger partial charge in [-0.15, -0.1) is 0 Å². The minimum absolute atomic E-state index is 0.0422. The van der Waals surface area contributed by atoms with Crippen molar-refractivity contribution in [2.45, 2.75) is 24.9 Å². The van der Waals surface area contributed by atoms with Crippen LogP contribution in [0.3, 0.4) is 0 Å². The van der Waals surface area contributed by atoms with Crippen molar-refractivity contribution in [1.29, 1.82) is 0 Å². The van der Waals surface area contributed by atoms with Crippen molar-refractivity contribution in [3.8, 4) is 16.9 Å². The zero-order valence-corrected chi connectivity index (χ0v) is 22.0. The van der Waals surface area contributed by atoms with E-state index in [9.17, 15) is 13.2 Å². The molecule has 0 unspecified atom stereocenters. The molecule has 0 saturated carbocycles. The van der Waals surface area contributed by atoms with Crippen molar-refractivity contribution in [2.75, 3.05) is 13.2 Å². The predicted molar refractivity (Wildman–Crippen MR) is 146 cm³/mol. The van der Waals surface area contributed by atoms with Crippen LogP contribution in [0.1, 0.15) is 27.5 Å². The molecule has 2 aromatic heterocycles. The molecular weight excluding hydrogens is 516 g/mol. The van der Waals surface area contributed by atoms with Crippen LogP contribution in [0.5, 0.6) is 5.75 Å². The van der Waals surface area contributed by atoms with Gasteiger partial charge < -0.3 is 19.0 Å². The number of nitrogens with zero attached hydrogens (tertiary/aromatic N) is 2. The number of hydrogen-bond acceptors (Lipinski definition) is 6. The molecule has 3 aromatic carbocycles. The number of H-pyrrole nitrogens is 1. The average Bonchev–Trinajstić information content (AvgIpc) is 3.54. The number of nitrogens with one attached hydrogen (secondary N) is 2. The number of carbonyl (C=O) groups excluding carboxylic acids is 1. The summed E-state index contributed by atoms with van der Waals surface area (Å²) < 4.78 is 38.9. The first-order chi connectivity index (χ1) is 18.9. The molecule has 1 amide bonds. The summed E-state index contributed by atoms with van der Waals surface area (Å²) in [5.74, 6) is 1.92. The standard InChI is InChI=1S/C29H26N4O5S/c1-19-31-26-10-6-22(16-27(26)32-19)21-7-11-28-23(15-21)18-33(12-14-38-28)29(34)20-4-8-25(9-5-20)39(35,36)30-17-24-3-2-13-37-24/h2-11,13,15-16,30H,12,14,17-18H2,1H3,(H,31,32). The van der Waals surface area contributed by atoms with Gasteiger partial charge in [0.1, 0.15) is 23.9 Å². The van der Waals surface area contributed by atoms with E-state index in [1.807, 2.05) is 37.3 Å². The van der Waals surface area contributed by atoms with Gasteiger partial charge in [0, 0.05) is 17.7 Å². The number of aryl methyl sites for hydroxylation is 1. The Morgan fingerprint density at radius 3 is 2.64 bits per heavy atom. The summed E-state index contributed by atoms with van der Waals surface area (Å²) in [4.78, 5) is 22.9. The maximum Gasteiger partial charge on any atom is 0.254 e. The molecule has 39 heavy (non-hydrogen) atoms. The lowest BCUT2D eigenvalue weighted by Crippen LogP contribution is -2.32. The summed E-state index contributed by atoms with van der Waals surface area (Å²) in [5, 5.41) is 0. The van der Waals surface area contributed by atoms with E-state index in [4.69, 9.17) is 9.15 Å². The third-order valence-corrected chi connectivity index (χ3v) is 8.11. The molecule has 0 aliphatic carbocycles. The minimum atomic E-state index is -3.75. The smallest absolute Gasteiger partial charge is 0.254 e. The number of fused-ring (bicyclic) bond motifs is 2. The topological polar surface area (TPSA) is 118 Å². The summed E-state index contributed by atoms with van der Waals surface area (Å²) in [6.45, 7) is 3.11. The van der Waals surface area contributed by atoms with E-state index >= 15 is 0 Å². The molecule has 3 heterocycles. The fraction of sp³-hybridized carbons (Fsp3) is 0.172. The number of ether oxygens (including phenoxy) is 1. The molecule has 6 rings (SSSR count). The maximum absolute atomic E-state index is 13.4. The molecule has 0 fully saturated rings. The summed E-state index contributed by atoms with van der Waals surface area (Å²) in [6.07, 6.45) is 1.48. The average molecular weight is 543 g/mol. The first-order valence-corrected chi connectivity index (χ1v) is 14.0. The van der Waals surface area contributed by atoms with Crippen LogP contribution in [-0.2, 0) is 23.1 Å². The third kappa shape index (κ3) is 5.16. The van der Waals surface area contributed by atoms with Crippen LogP contribution in [0, 0.1) is 6.92 Å². The molecule has 0 bridgehead atoms. The number of furan rings is 1. The Hall–Kier alpha value is -4.41. The molecule has 1 aliphatic heterocycles. The highest BCUT2D eigenvalue weighted by molar-refractivity contribution is 7.89. The van der Waals surface area contributed by atoms with Crippen LogP contribution in [-0.4, -0.2) is 42.3 Å². The summed E-state index contributed by atoms with van der Waals surface area (Å²) in [5.41, 5.74) is 5.24. The Morgan fingerprint density at radius 2 is 1.85 bits per heavy atom. The van der Waals surface area contributed by atoms with Gasteiger partial charge in [-0.25, -0.2) is 18.1 Å². The highest BCUT2D eigenvalue weighted by Gasteiger charge is 2.23. The number of benzene rings is 3. The number of amides is 1. The highest BCUT2D eigenvalue weighted by Crippen LogP contribution is 2.31. The zero-order chi connectivity index (χ0) is 27.0. The van der Waals surface area contributed by atoms with Gasteiger partial charge >= 0.3 is 0 Å². The van der Waals surface area contributed by atoms with Gasteiger partial charge in [-0.2, -0.15) is 0 Å². The van der Waals surface area contributed by atoms with Gasteiger partial charge in [-0.3, -0.25) is 4.79 Å². The van der Waals surface area contributed by atoms with Gasteiger partial charge in [-0.05, 0) is 78.7 Å². The van der Waals surface area contributed by atoms with E-state index in [0.717, 1.165) is 39.3 Å². The van der Waals surface area contributed by atoms with Crippen molar-refractivity contribution in [3.63, 3.8) is 0 Å². The van der Waals surface area contributed by atoms with E-state index < -0.39 is 10.0 Å². The number of sulfonamides is 1. The Balaban J connectivity index is 1.19. The molecule has 0 saturated heterocycles. The number of hydrogen-bond donors (Lipinski definition) is 2. The lowest BCUT2D eigenvalue weighted by atomic mass is 10.0. The SMILES string of the molecule is Cc1nc2ccc(-c3ccc4c(c3)CN(C(=O)c3ccc(S(=O)(=O)NCc5ccco5)cc3)CCO4)cc2[nH]1. The van der Waals surface area contributed by atoms with E-state index in [0.29, 0.717) is 31.0 Å². The molecule has 9 nitrogen and oxygen atoms in total. The minimum Gasteiger partial charge on any atom is -0.491 e. The van der Waals surface area contributed by atoms with Crippen LogP contribution in [0.15, 0.2) is 88.4 Å². The first-order valence-electron chi connectivity index (χ1n) is 12.5. The first kappa shape index (κ1) is 24.9. The molecule has 198 valence electrons. The van der Waals surface area contributed by atoms with E-state index in [2.05, 4.69) is 20.8 Å². The Kier molecular flexibility index (Phi) is 6.41. The number of carbonyl (C=O) groups is 1. The van der Waals surface area contributed by atoms with Gasteiger partial charge in [-0.1, -0.05) is 12.1 Å². The fourth-order valence-corrected chi connectivity index (χ4v) is 5.68. The van der Waals surface area contributed by atoms with Gasteiger partial charge in [0.2, 0.25) is 10.0 Å². The zero-order valence-electron chi connectivity index (χ0n) is 21.2. The normalized spacial score (nSPS) is 13.6. The molecule has 0 radical (unpaired) electrons. The van der Waals surface area contributed by atoms with Crippen molar-refractivity contribution in [1.82, 2.24) is 19.6 Å². The van der Waals surface area contributed by atoms with Gasteiger partial charge in [0.15, 0.2) is 0 Å². The second-order valence-electron chi connectivity index (χ2n) is 9.38. The Bertz CT molecular complexity index is 1760. The Morgan fingerprint density at radius 1 is 1.05 bits per heavy atom. The van der Waals surface area contributed by atoms with Crippen LogP contribution >= 0.6 is 0 Å². The second kappa shape index (κ2) is 10.0. The lowest BCUT2D eigenvalue weighted by molar-refractivity contribution is 0.0733. The van der Waals surface area contributed by atoms with Crippen LogP contribution in [0.2, 0.25) is 0 Å². The largest absolute Gasteiger partial charge is 0.491 e. The van der Waals surface area contributed by atoms with Crippen molar-refractivity contribution < 1.29 is 22.4 Å². The second-order valence-corrected chi connectivity index (χ2v) is 11.1. The monoisotopic (exact) mass is 542 g/mol. The number of imidazole rings is 1. The maximum atomic E-state index is 13.4. The quantitative estimate of drug-likeness (QED) is 0.323. The Labute approximate surface area is 225 Å².